The number of esters is 1. The van der Waals surface area contributed by atoms with Crippen molar-refractivity contribution in [3.8, 4) is 5.75 Å². The molecule has 0 bridgehead atoms. The Morgan fingerprint density at radius 2 is 1.73 bits per heavy atom. The van der Waals surface area contributed by atoms with Crippen LogP contribution in [0.1, 0.15) is 29.5 Å². The molecular weight excluding hydrogens is 326 g/mol. The van der Waals surface area contributed by atoms with Crippen LogP contribution in [0.4, 0.5) is 0 Å². The second kappa shape index (κ2) is 9.20. The summed E-state index contributed by atoms with van der Waals surface area (Å²) in [5, 5.41) is 0. The van der Waals surface area contributed by atoms with Gasteiger partial charge in [0.2, 0.25) is 0 Å². The molecule has 0 radical (unpaired) electrons. The second-order valence-electron chi connectivity index (χ2n) is 6.47. The molecule has 4 nitrogen and oxygen atoms in total. The number of hydrogen-bond donors (Lipinski definition) is 0. The third-order valence-corrected chi connectivity index (χ3v) is 4.61. The average molecular weight is 351 g/mol. The third kappa shape index (κ3) is 5.20. The SMILES string of the molecule is COc1ccc(C=CC(=O)OCc2ccccc2CN2CCCC2)cc1. The van der Waals surface area contributed by atoms with Crippen molar-refractivity contribution < 1.29 is 14.3 Å². The molecule has 0 aromatic heterocycles. The highest BCUT2D eigenvalue weighted by molar-refractivity contribution is 5.87. The summed E-state index contributed by atoms with van der Waals surface area (Å²) in [6.07, 6.45) is 5.75. The van der Waals surface area contributed by atoms with Crippen molar-refractivity contribution in [1.29, 1.82) is 0 Å². The van der Waals surface area contributed by atoms with Gasteiger partial charge >= 0.3 is 5.97 Å². The monoisotopic (exact) mass is 351 g/mol. The molecule has 2 aromatic carbocycles. The Kier molecular flexibility index (Phi) is 6.45. The molecule has 0 N–H and O–H groups in total. The number of nitrogens with zero attached hydrogens (tertiary/aromatic N) is 1. The van der Waals surface area contributed by atoms with Crippen LogP contribution in [0.25, 0.3) is 6.08 Å². The van der Waals surface area contributed by atoms with Crippen LogP contribution in [0.15, 0.2) is 54.6 Å². The molecule has 0 aliphatic carbocycles. The molecule has 0 saturated carbocycles. The Hall–Kier alpha value is -2.59. The van der Waals surface area contributed by atoms with E-state index in [1.807, 2.05) is 42.5 Å². The minimum atomic E-state index is -0.336. The highest BCUT2D eigenvalue weighted by Crippen LogP contribution is 2.17. The summed E-state index contributed by atoms with van der Waals surface area (Å²) in [4.78, 5) is 14.5. The fourth-order valence-corrected chi connectivity index (χ4v) is 3.11. The van der Waals surface area contributed by atoms with Crippen molar-refractivity contribution >= 4 is 12.0 Å². The zero-order valence-electron chi connectivity index (χ0n) is 15.2. The maximum atomic E-state index is 12.0. The van der Waals surface area contributed by atoms with Crippen LogP contribution < -0.4 is 4.74 Å². The van der Waals surface area contributed by atoms with Gasteiger partial charge in [-0.25, -0.2) is 4.79 Å². The van der Waals surface area contributed by atoms with Gasteiger partial charge in [-0.1, -0.05) is 36.4 Å². The van der Waals surface area contributed by atoms with E-state index in [2.05, 4.69) is 11.0 Å². The molecular formula is C22H25NO3. The molecule has 2 aromatic rings. The molecule has 1 saturated heterocycles. The zero-order valence-corrected chi connectivity index (χ0v) is 15.2. The van der Waals surface area contributed by atoms with E-state index in [0.717, 1.165) is 36.5 Å². The van der Waals surface area contributed by atoms with E-state index in [1.165, 1.54) is 24.5 Å². The van der Waals surface area contributed by atoms with Crippen molar-refractivity contribution in [3.05, 3.63) is 71.3 Å². The number of carbonyl (C=O) groups is 1. The van der Waals surface area contributed by atoms with E-state index in [0.29, 0.717) is 6.61 Å². The predicted molar refractivity (Wildman–Crippen MR) is 103 cm³/mol. The van der Waals surface area contributed by atoms with Crippen molar-refractivity contribution in [2.75, 3.05) is 20.2 Å². The van der Waals surface area contributed by atoms with Gasteiger partial charge in [0.05, 0.1) is 7.11 Å². The number of rotatable bonds is 7. The molecule has 4 heteroatoms. The van der Waals surface area contributed by atoms with Gasteiger partial charge in [-0.3, -0.25) is 4.90 Å². The molecule has 1 aliphatic rings. The standard InChI is InChI=1S/C22H25NO3/c1-25-21-11-8-18(9-12-21)10-13-22(24)26-17-20-7-3-2-6-19(20)16-23-14-4-5-15-23/h2-3,6-13H,4-5,14-17H2,1H3. The van der Waals surface area contributed by atoms with Gasteiger partial charge in [0.25, 0.3) is 0 Å². The molecule has 0 atom stereocenters. The first kappa shape index (κ1) is 18.2. The number of ether oxygens (including phenoxy) is 2. The summed E-state index contributed by atoms with van der Waals surface area (Å²) in [6.45, 7) is 3.53. The van der Waals surface area contributed by atoms with Crippen LogP contribution in [0.5, 0.6) is 5.75 Å². The number of benzene rings is 2. The number of methoxy groups -OCH3 is 1. The first-order chi connectivity index (χ1) is 12.7. The summed E-state index contributed by atoms with van der Waals surface area (Å²) in [7, 11) is 1.63. The van der Waals surface area contributed by atoms with Gasteiger partial charge in [-0.05, 0) is 60.8 Å². The summed E-state index contributed by atoms with van der Waals surface area (Å²) < 4.78 is 10.6. The largest absolute Gasteiger partial charge is 0.497 e. The molecule has 136 valence electrons. The zero-order chi connectivity index (χ0) is 18.2. The molecule has 0 unspecified atom stereocenters. The Bertz CT molecular complexity index is 746. The highest BCUT2D eigenvalue weighted by Gasteiger charge is 2.13. The maximum Gasteiger partial charge on any atom is 0.331 e. The van der Waals surface area contributed by atoms with Crippen molar-refractivity contribution in [3.63, 3.8) is 0 Å². The Morgan fingerprint density at radius 3 is 2.42 bits per heavy atom. The van der Waals surface area contributed by atoms with Crippen molar-refractivity contribution in [2.24, 2.45) is 0 Å². The fourth-order valence-electron chi connectivity index (χ4n) is 3.11. The lowest BCUT2D eigenvalue weighted by atomic mass is 10.1. The van der Waals surface area contributed by atoms with E-state index in [9.17, 15) is 4.79 Å². The molecule has 1 fully saturated rings. The fraction of sp³-hybridized carbons (Fsp3) is 0.318. The van der Waals surface area contributed by atoms with E-state index >= 15 is 0 Å². The van der Waals surface area contributed by atoms with Gasteiger partial charge in [0, 0.05) is 12.6 Å². The first-order valence-electron chi connectivity index (χ1n) is 9.02. The van der Waals surface area contributed by atoms with Gasteiger partial charge in [0.15, 0.2) is 0 Å². The average Bonchev–Trinajstić information content (AvgIpc) is 3.19. The van der Waals surface area contributed by atoms with E-state index in [-0.39, 0.29) is 5.97 Å². The molecule has 0 amide bonds. The van der Waals surface area contributed by atoms with Crippen molar-refractivity contribution in [1.82, 2.24) is 4.90 Å². The number of hydrogen-bond acceptors (Lipinski definition) is 4. The molecule has 1 heterocycles. The minimum Gasteiger partial charge on any atom is -0.497 e. The Labute approximate surface area is 155 Å². The minimum absolute atomic E-state index is 0.301. The summed E-state index contributed by atoms with van der Waals surface area (Å²) in [6, 6.07) is 15.7. The van der Waals surface area contributed by atoms with Crippen LogP contribution in [0.3, 0.4) is 0 Å². The normalized spacial score (nSPS) is 14.7. The number of carbonyl (C=O) groups excluding carboxylic acids is 1. The molecule has 0 spiro atoms. The quantitative estimate of drug-likeness (QED) is 0.557. The van der Waals surface area contributed by atoms with Gasteiger partial charge < -0.3 is 9.47 Å². The summed E-state index contributed by atoms with van der Waals surface area (Å²) in [5.41, 5.74) is 3.24. The highest BCUT2D eigenvalue weighted by atomic mass is 16.5. The molecule has 1 aliphatic heterocycles. The lowest BCUT2D eigenvalue weighted by Gasteiger charge is -2.17. The Morgan fingerprint density at radius 1 is 1.04 bits per heavy atom. The second-order valence-corrected chi connectivity index (χ2v) is 6.47. The smallest absolute Gasteiger partial charge is 0.331 e. The maximum absolute atomic E-state index is 12.0. The van der Waals surface area contributed by atoms with Gasteiger partial charge in [-0.2, -0.15) is 0 Å². The van der Waals surface area contributed by atoms with Crippen LogP contribution in [-0.2, 0) is 22.7 Å². The van der Waals surface area contributed by atoms with Crippen LogP contribution in [0, 0.1) is 0 Å². The van der Waals surface area contributed by atoms with Crippen LogP contribution in [-0.4, -0.2) is 31.1 Å². The summed E-state index contributed by atoms with van der Waals surface area (Å²) in [5.74, 6) is 0.455. The van der Waals surface area contributed by atoms with Gasteiger partial charge in [-0.15, -0.1) is 0 Å². The Balaban J connectivity index is 1.54. The lowest BCUT2D eigenvalue weighted by Crippen LogP contribution is -2.19. The van der Waals surface area contributed by atoms with E-state index in [1.54, 1.807) is 13.2 Å². The van der Waals surface area contributed by atoms with Crippen LogP contribution in [0.2, 0.25) is 0 Å². The van der Waals surface area contributed by atoms with Crippen molar-refractivity contribution in [2.45, 2.75) is 26.0 Å². The van der Waals surface area contributed by atoms with E-state index in [4.69, 9.17) is 9.47 Å². The third-order valence-electron chi connectivity index (χ3n) is 4.61. The summed E-state index contributed by atoms with van der Waals surface area (Å²) >= 11 is 0. The molecule has 3 rings (SSSR count). The van der Waals surface area contributed by atoms with E-state index < -0.39 is 0 Å². The topological polar surface area (TPSA) is 38.8 Å². The van der Waals surface area contributed by atoms with Gasteiger partial charge in [0.1, 0.15) is 12.4 Å². The predicted octanol–water partition coefficient (Wildman–Crippen LogP) is 4.05. The first-order valence-corrected chi connectivity index (χ1v) is 9.02. The van der Waals surface area contributed by atoms with Crippen LogP contribution >= 0.6 is 0 Å². The number of likely N-dealkylation sites (tertiary alicyclic amines) is 1. The molecule has 26 heavy (non-hydrogen) atoms. The lowest BCUT2D eigenvalue weighted by molar-refractivity contribution is -0.138.